The van der Waals surface area contributed by atoms with Crippen LogP contribution in [0.25, 0.3) is 0 Å². The number of pyridine rings is 1. The highest BCUT2D eigenvalue weighted by Crippen LogP contribution is 2.34. The van der Waals surface area contributed by atoms with Crippen LogP contribution in [0.3, 0.4) is 0 Å². The van der Waals surface area contributed by atoms with E-state index < -0.39 is 40.5 Å². The Balaban J connectivity index is 3.53. The van der Waals surface area contributed by atoms with E-state index in [2.05, 4.69) is 4.98 Å². The molecule has 1 aromatic heterocycles. The number of nitrogens with zero attached hydrogens (tertiary/aromatic N) is 1. The lowest BCUT2D eigenvalue weighted by Gasteiger charge is -2.11. The lowest BCUT2D eigenvalue weighted by molar-refractivity contribution is -0.141. The van der Waals surface area contributed by atoms with Crippen molar-refractivity contribution in [2.45, 2.75) is 12.6 Å². The van der Waals surface area contributed by atoms with E-state index in [4.69, 9.17) is 16.7 Å². The van der Waals surface area contributed by atoms with Crippen LogP contribution >= 0.6 is 11.6 Å². The normalized spacial score (nSPS) is 11.9. The minimum Gasteiger partial charge on any atom is -0.478 e. The van der Waals surface area contributed by atoms with Crippen molar-refractivity contribution < 1.29 is 31.9 Å². The van der Waals surface area contributed by atoms with Gasteiger partial charge >= 0.3 is 12.1 Å². The number of halogens is 6. The molecule has 0 aromatic carbocycles. The second kappa shape index (κ2) is 4.44. The van der Waals surface area contributed by atoms with Gasteiger partial charge in [-0.05, 0) is 6.07 Å². The van der Waals surface area contributed by atoms with E-state index in [-0.39, 0.29) is 6.07 Å². The molecule has 0 radical (unpaired) electrons. The van der Waals surface area contributed by atoms with Crippen LogP contribution in [0.1, 0.15) is 28.2 Å². The number of carboxylic acid groups (broad SMARTS) is 1. The number of hydrogen-bond donors (Lipinski definition) is 1. The summed E-state index contributed by atoms with van der Waals surface area (Å²) in [5.41, 5.74) is -4.20. The zero-order valence-corrected chi connectivity index (χ0v) is 8.48. The topological polar surface area (TPSA) is 50.2 Å². The molecule has 0 saturated carbocycles. The van der Waals surface area contributed by atoms with Crippen molar-refractivity contribution in [3.63, 3.8) is 0 Å². The Bertz CT molecular complexity index is 460. The predicted molar refractivity (Wildman–Crippen MR) is 46.2 cm³/mol. The van der Waals surface area contributed by atoms with Gasteiger partial charge in [0.15, 0.2) is 0 Å². The number of carbonyl (C=O) groups is 1. The van der Waals surface area contributed by atoms with Gasteiger partial charge in [0.1, 0.15) is 11.4 Å². The molecule has 0 spiro atoms. The molecule has 1 rings (SSSR count). The SMILES string of the molecule is O=C(O)c1cc(C(F)(F)F)nc(C(F)F)c1Cl. The number of alkyl halides is 5. The highest BCUT2D eigenvalue weighted by molar-refractivity contribution is 6.34. The monoisotopic (exact) mass is 275 g/mol. The molecule has 3 nitrogen and oxygen atoms in total. The van der Waals surface area contributed by atoms with Crippen molar-refractivity contribution in [1.82, 2.24) is 4.98 Å². The Morgan fingerprint density at radius 3 is 2.29 bits per heavy atom. The van der Waals surface area contributed by atoms with E-state index in [1.54, 1.807) is 0 Å². The van der Waals surface area contributed by atoms with Gasteiger partial charge in [0.25, 0.3) is 6.43 Å². The first-order valence-electron chi connectivity index (χ1n) is 3.93. The zero-order chi connectivity index (χ0) is 13.4. The van der Waals surface area contributed by atoms with Crippen LogP contribution in [-0.4, -0.2) is 16.1 Å². The van der Waals surface area contributed by atoms with Crippen LogP contribution in [-0.2, 0) is 6.18 Å². The molecule has 1 N–H and O–H groups in total. The van der Waals surface area contributed by atoms with E-state index >= 15 is 0 Å². The Labute approximate surface area is 95.8 Å². The Kier molecular flexibility index (Phi) is 3.56. The second-order valence-corrected chi connectivity index (χ2v) is 3.24. The van der Waals surface area contributed by atoms with Gasteiger partial charge in [-0.3, -0.25) is 0 Å². The van der Waals surface area contributed by atoms with Crippen molar-refractivity contribution in [3.8, 4) is 0 Å². The average molecular weight is 276 g/mol. The van der Waals surface area contributed by atoms with Crippen molar-refractivity contribution in [2.24, 2.45) is 0 Å². The first kappa shape index (κ1) is 13.6. The predicted octanol–water partition coefficient (Wildman–Crippen LogP) is 3.39. The van der Waals surface area contributed by atoms with E-state index in [0.717, 1.165) is 0 Å². The standard InChI is InChI=1S/C8H3ClF5NO2/c9-4-2(7(16)17)1-3(8(12,13)14)15-5(4)6(10)11/h1,6H,(H,16,17). The molecule has 0 bridgehead atoms. The third-order valence-electron chi connectivity index (χ3n) is 1.71. The summed E-state index contributed by atoms with van der Waals surface area (Å²) >= 11 is 5.23. The summed E-state index contributed by atoms with van der Waals surface area (Å²) in [6.45, 7) is 0. The molecule has 0 fully saturated rings. The third-order valence-corrected chi connectivity index (χ3v) is 2.11. The fourth-order valence-electron chi connectivity index (χ4n) is 0.995. The minimum absolute atomic E-state index is 0.108. The van der Waals surface area contributed by atoms with Crippen LogP contribution in [0.15, 0.2) is 6.07 Å². The van der Waals surface area contributed by atoms with Gasteiger partial charge in [0.05, 0.1) is 10.6 Å². The fourth-order valence-corrected chi connectivity index (χ4v) is 1.25. The second-order valence-electron chi connectivity index (χ2n) is 2.86. The van der Waals surface area contributed by atoms with E-state index in [1.807, 2.05) is 0 Å². The average Bonchev–Trinajstić information content (AvgIpc) is 2.14. The first-order valence-corrected chi connectivity index (χ1v) is 4.31. The summed E-state index contributed by atoms with van der Waals surface area (Å²) in [6, 6.07) is 0.108. The maximum absolute atomic E-state index is 12.3. The van der Waals surface area contributed by atoms with Crippen LogP contribution in [0.2, 0.25) is 5.02 Å². The fraction of sp³-hybridized carbons (Fsp3) is 0.250. The summed E-state index contributed by atoms with van der Waals surface area (Å²) < 4.78 is 61.5. The molecule has 0 aliphatic rings. The van der Waals surface area contributed by atoms with Crippen molar-refractivity contribution in [1.29, 1.82) is 0 Å². The minimum atomic E-state index is -5.03. The summed E-state index contributed by atoms with van der Waals surface area (Å²) in [4.78, 5) is 13.2. The maximum atomic E-state index is 12.3. The summed E-state index contributed by atoms with van der Waals surface area (Å²) in [6.07, 6.45) is -8.43. The lowest BCUT2D eigenvalue weighted by atomic mass is 10.2. The van der Waals surface area contributed by atoms with Gasteiger partial charge in [0, 0.05) is 0 Å². The largest absolute Gasteiger partial charge is 0.478 e. The van der Waals surface area contributed by atoms with Gasteiger partial charge in [-0.25, -0.2) is 18.6 Å². The molecule has 9 heteroatoms. The van der Waals surface area contributed by atoms with Gasteiger partial charge in [-0.1, -0.05) is 11.6 Å². The lowest BCUT2D eigenvalue weighted by Crippen LogP contribution is -2.13. The zero-order valence-electron chi connectivity index (χ0n) is 7.73. The molecular weight excluding hydrogens is 273 g/mol. The molecule has 0 aliphatic heterocycles. The van der Waals surface area contributed by atoms with Crippen LogP contribution in [0.5, 0.6) is 0 Å². The number of hydrogen-bond acceptors (Lipinski definition) is 2. The van der Waals surface area contributed by atoms with Gasteiger partial charge in [0.2, 0.25) is 0 Å². The first-order chi connectivity index (χ1) is 7.64. The highest BCUT2D eigenvalue weighted by Gasteiger charge is 2.36. The maximum Gasteiger partial charge on any atom is 0.433 e. The van der Waals surface area contributed by atoms with Gasteiger partial charge in [-0.2, -0.15) is 13.2 Å². The number of aromatic carboxylic acids is 1. The molecule has 0 saturated heterocycles. The number of rotatable bonds is 2. The summed E-state index contributed by atoms with van der Waals surface area (Å²) in [5.74, 6) is -1.84. The summed E-state index contributed by atoms with van der Waals surface area (Å²) in [7, 11) is 0. The molecule has 0 aliphatic carbocycles. The number of carboxylic acids is 1. The highest BCUT2D eigenvalue weighted by atomic mass is 35.5. The van der Waals surface area contributed by atoms with Crippen LogP contribution < -0.4 is 0 Å². The van der Waals surface area contributed by atoms with E-state index in [0.29, 0.717) is 0 Å². The van der Waals surface area contributed by atoms with Crippen LogP contribution in [0.4, 0.5) is 22.0 Å². The summed E-state index contributed by atoms with van der Waals surface area (Å²) in [5, 5.41) is 7.54. The molecule has 94 valence electrons. The van der Waals surface area contributed by atoms with Gasteiger partial charge < -0.3 is 5.11 Å². The van der Waals surface area contributed by atoms with Gasteiger partial charge in [-0.15, -0.1) is 0 Å². The third kappa shape index (κ3) is 2.82. The van der Waals surface area contributed by atoms with E-state index in [1.165, 1.54) is 0 Å². The van der Waals surface area contributed by atoms with Crippen molar-refractivity contribution >= 4 is 17.6 Å². The molecule has 0 unspecified atom stereocenters. The Morgan fingerprint density at radius 1 is 1.41 bits per heavy atom. The molecule has 1 aromatic rings. The quantitative estimate of drug-likeness (QED) is 0.842. The van der Waals surface area contributed by atoms with Crippen molar-refractivity contribution in [2.75, 3.05) is 0 Å². The molecule has 0 atom stereocenters. The number of aromatic nitrogens is 1. The Morgan fingerprint density at radius 2 is 1.94 bits per heavy atom. The Hall–Kier alpha value is -1.44. The smallest absolute Gasteiger partial charge is 0.433 e. The molecule has 1 heterocycles. The molecule has 0 amide bonds. The van der Waals surface area contributed by atoms with Crippen molar-refractivity contribution in [3.05, 3.63) is 28.0 Å². The van der Waals surface area contributed by atoms with Crippen LogP contribution in [0, 0.1) is 0 Å². The van der Waals surface area contributed by atoms with E-state index in [9.17, 15) is 26.7 Å². The molecule has 17 heavy (non-hydrogen) atoms. The molecular formula is C8H3ClF5NO2.